The summed E-state index contributed by atoms with van der Waals surface area (Å²) in [6, 6.07) is 19.9. The van der Waals surface area contributed by atoms with Crippen LogP contribution in [0.25, 0.3) is 0 Å². The number of rotatable bonds is 4. The number of benzene rings is 3. The Morgan fingerprint density at radius 3 is 2.29 bits per heavy atom. The van der Waals surface area contributed by atoms with Crippen molar-refractivity contribution < 1.29 is 27.2 Å². The Morgan fingerprint density at radius 2 is 1.58 bits per heavy atom. The minimum Gasteiger partial charge on any atom is -0.362 e. The van der Waals surface area contributed by atoms with Crippen LogP contribution in [0.2, 0.25) is 0 Å². The molecule has 1 aliphatic carbocycles. The van der Waals surface area contributed by atoms with Crippen LogP contribution in [0.3, 0.4) is 0 Å². The summed E-state index contributed by atoms with van der Waals surface area (Å²) in [4.78, 5) is 27.2. The number of Topliss-reactive ketones (excluding diaryl/α,β-unsaturated/α-hetero) is 1. The van der Waals surface area contributed by atoms with Crippen LogP contribution in [0.5, 0.6) is 0 Å². The number of halogens is 4. The number of alkyl halides is 3. The van der Waals surface area contributed by atoms with Gasteiger partial charge >= 0.3 is 6.18 Å². The normalized spacial score (nSPS) is 19.7. The van der Waals surface area contributed by atoms with Crippen LogP contribution in [0.15, 0.2) is 101 Å². The molecule has 3 aromatic carbocycles. The molecule has 0 saturated carbocycles. The molecule has 38 heavy (non-hydrogen) atoms. The number of anilines is 1. The highest BCUT2D eigenvalue weighted by Gasteiger charge is 2.44. The summed E-state index contributed by atoms with van der Waals surface area (Å²) in [6.07, 6.45) is -4.22. The monoisotopic (exact) mass is 520 g/mol. The van der Waals surface area contributed by atoms with Crippen molar-refractivity contribution in [3.63, 3.8) is 0 Å². The standard InChI is InChI=1S/C30H24F4N2O2/c1-17-26(29(38)36-23-14-8-7-13-22(23)31)27(20-11-5-6-12-21(20)30(32,33)34)28-24(35-17)15-19(16-25(28)37)18-9-3-2-4-10-18/h2-14,19,27,35H,15-16H2,1H3,(H,36,38)/t19-,27+/m1/s1. The Bertz CT molecular complexity index is 1470. The van der Waals surface area contributed by atoms with Crippen LogP contribution in [0, 0.1) is 5.82 Å². The fourth-order valence-electron chi connectivity index (χ4n) is 5.37. The summed E-state index contributed by atoms with van der Waals surface area (Å²) < 4.78 is 56.8. The molecule has 2 N–H and O–H groups in total. The molecule has 0 bridgehead atoms. The van der Waals surface area contributed by atoms with Crippen molar-refractivity contribution >= 4 is 17.4 Å². The van der Waals surface area contributed by atoms with Crippen LogP contribution in [-0.2, 0) is 15.8 Å². The molecule has 4 nitrogen and oxygen atoms in total. The molecule has 3 aromatic rings. The molecule has 194 valence electrons. The molecule has 1 amide bonds. The van der Waals surface area contributed by atoms with E-state index in [0.717, 1.165) is 11.6 Å². The fraction of sp³-hybridized carbons (Fsp3) is 0.200. The van der Waals surface area contributed by atoms with Crippen LogP contribution in [0.4, 0.5) is 23.2 Å². The van der Waals surface area contributed by atoms with Crippen molar-refractivity contribution in [2.24, 2.45) is 0 Å². The van der Waals surface area contributed by atoms with Gasteiger partial charge in [0.15, 0.2) is 5.78 Å². The van der Waals surface area contributed by atoms with Gasteiger partial charge < -0.3 is 10.6 Å². The molecule has 0 spiro atoms. The second-order valence-corrected chi connectivity index (χ2v) is 9.45. The highest BCUT2D eigenvalue weighted by molar-refractivity contribution is 6.10. The highest BCUT2D eigenvalue weighted by Crippen LogP contribution is 2.48. The largest absolute Gasteiger partial charge is 0.416 e. The lowest BCUT2D eigenvalue weighted by atomic mass is 9.70. The van der Waals surface area contributed by atoms with Crippen molar-refractivity contribution in [3.8, 4) is 0 Å². The zero-order chi connectivity index (χ0) is 27.0. The third kappa shape index (κ3) is 4.74. The number of hydrogen-bond acceptors (Lipinski definition) is 3. The van der Waals surface area contributed by atoms with Crippen LogP contribution in [-0.4, -0.2) is 11.7 Å². The Kier molecular flexibility index (Phi) is 6.65. The number of carbonyl (C=O) groups excluding carboxylic acids is 2. The predicted octanol–water partition coefficient (Wildman–Crippen LogP) is 6.84. The van der Waals surface area contributed by atoms with Crippen molar-refractivity contribution in [2.45, 2.75) is 37.8 Å². The molecule has 0 saturated heterocycles. The van der Waals surface area contributed by atoms with Gasteiger partial charge in [-0.05, 0) is 48.6 Å². The van der Waals surface area contributed by atoms with E-state index < -0.39 is 29.4 Å². The van der Waals surface area contributed by atoms with Crippen molar-refractivity contribution in [1.82, 2.24) is 5.32 Å². The van der Waals surface area contributed by atoms with Gasteiger partial charge in [-0.25, -0.2) is 4.39 Å². The molecule has 0 radical (unpaired) electrons. The molecule has 2 atom stereocenters. The van der Waals surface area contributed by atoms with E-state index in [0.29, 0.717) is 17.8 Å². The maximum Gasteiger partial charge on any atom is 0.416 e. The van der Waals surface area contributed by atoms with Gasteiger partial charge in [0.25, 0.3) is 5.91 Å². The van der Waals surface area contributed by atoms with Gasteiger partial charge in [0.2, 0.25) is 0 Å². The molecule has 5 rings (SSSR count). The lowest BCUT2D eigenvalue weighted by Gasteiger charge is -2.37. The van der Waals surface area contributed by atoms with Gasteiger partial charge in [-0.2, -0.15) is 13.2 Å². The van der Waals surface area contributed by atoms with Gasteiger partial charge in [0.1, 0.15) is 5.82 Å². The van der Waals surface area contributed by atoms with E-state index in [4.69, 9.17) is 0 Å². The van der Waals surface area contributed by atoms with E-state index in [-0.39, 0.29) is 40.5 Å². The number of ketones is 1. The predicted molar refractivity (Wildman–Crippen MR) is 136 cm³/mol. The molecular formula is C30H24F4N2O2. The Hall–Kier alpha value is -4.20. The van der Waals surface area contributed by atoms with Crippen molar-refractivity contribution in [2.75, 3.05) is 5.32 Å². The Labute approximate surface area is 217 Å². The number of carbonyl (C=O) groups is 2. The molecule has 1 aliphatic heterocycles. The lowest BCUT2D eigenvalue weighted by molar-refractivity contribution is -0.138. The maximum atomic E-state index is 14.3. The number of allylic oxidation sites excluding steroid dienone is 3. The Morgan fingerprint density at radius 1 is 0.921 bits per heavy atom. The summed E-state index contributed by atoms with van der Waals surface area (Å²) in [7, 11) is 0. The number of nitrogens with one attached hydrogen (secondary N) is 2. The van der Waals surface area contributed by atoms with Gasteiger partial charge in [0, 0.05) is 34.9 Å². The lowest BCUT2D eigenvalue weighted by Crippen LogP contribution is -2.37. The number of para-hydroxylation sites is 1. The van der Waals surface area contributed by atoms with Crippen molar-refractivity contribution in [3.05, 3.63) is 124 Å². The van der Waals surface area contributed by atoms with Crippen LogP contribution in [0.1, 0.15) is 48.3 Å². The van der Waals surface area contributed by atoms with E-state index in [2.05, 4.69) is 10.6 Å². The third-order valence-corrected chi connectivity index (χ3v) is 7.04. The number of dihydropyridines is 1. The summed E-state index contributed by atoms with van der Waals surface area (Å²) in [6.45, 7) is 1.58. The summed E-state index contributed by atoms with van der Waals surface area (Å²) in [5, 5.41) is 5.63. The second-order valence-electron chi connectivity index (χ2n) is 9.45. The van der Waals surface area contributed by atoms with Crippen LogP contribution < -0.4 is 10.6 Å². The van der Waals surface area contributed by atoms with Gasteiger partial charge in [0.05, 0.1) is 11.3 Å². The van der Waals surface area contributed by atoms with E-state index in [9.17, 15) is 27.2 Å². The number of hydrogen-bond donors (Lipinski definition) is 2. The summed E-state index contributed by atoms with van der Waals surface area (Å²) >= 11 is 0. The first kappa shape index (κ1) is 25.4. The van der Waals surface area contributed by atoms with E-state index in [1.165, 1.54) is 42.5 Å². The van der Waals surface area contributed by atoms with E-state index in [1.54, 1.807) is 6.92 Å². The minimum atomic E-state index is -4.71. The summed E-state index contributed by atoms with van der Waals surface area (Å²) in [5.74, 6) is -3.24. The molecular weight excluding hydrogens is 496 g/mol. The quantitative estimate of drug-likeness (QED) is 0.370. The summed E-state index contributed by atoms with van der Waals surface area (Å²) in [5.41, 5.74) is 0.594. The van der Waals surface area contributed by atoms with Gasteiger partial charge in [-0.15, -0.1) is 0 Å². The Balaban J connectivity index is 1.64. The molecule has 0 aromatic heterocycles. The SMILES string of the molecule is CC1=C(C(=O)Nc2ccccc2F)[C@H](c2ccccc2C(F)(F)F)C2=C(C[C@@H](c3ccccc3)CC2=O)N1. The van der Waals surface area contributed by atoms with Gasteiger partial charge in [-0.1, -0.05) is 60.7 Å². The van der Waals surface area contributed by atoms with Crippen molar-refractivity contribution in [1.29, 1.82) is 0 Å². The average molecular weight is 521 g/mol. The van der Waals surface area contributed by atoms with E-state index >= 15 is 0 Å². The zero-order valence-corrected chi connectivity index (χ0v) is 20.4. The first-order chi connectivity index (χ1) is 18.1. The molecule has 0 unspecified atom stereocenters. The highest BCUT2D eigenvalue weighted by atomic mass is 19.4. The average Bonchev–Trinajstić information content (AvgIpc) is 2.89. The third-order valence-electron chi connectivity index (χ3n) is 7.04. The molecule has 0 fully saturated rings. The molecule has 1 heterocycles. The zero-order valence-electron chi connectivity index (χ0n) is 20.4. The topological polar surface area (TPSA) is 58.2 Å². The van der Waals surface area contributed by atoms with Gasteiger partial charge in [-0.3, -0.25) is 9.59 Å². The molecule has 8 heteroatoms. The first-order valence-electron chi connectivity index (χ1n) is 12.2. The number of amides is 1. The first-order valence-corrected chi connectivity index (χ1v) is 12.2. The minimum absolute atomic E-state index is 0.0600. The second kappa shape index (κ2) is 9.93. The molecule has 2 aliphatic rings. The smallest absolute Gasteiger partial charge is 0.362 e. The fourth-order valence-corrected chi connectivity index (χ4v) is 5.37. The van der Waals surface area contributed by atoms with E-state index in [1.807, 2.05) is 30.3 Å². The van der Waals surface area contributed by atoms with Crippen LogP contribution >= 0.6 is 0 Å². The maximum absolute atomic E-state index is 14.3.